The van der Waals surface area contributed by atoms with Crippen LogP contribution in [-0.2, 0) is 17.8 Å². The van der Waals surface area contributed by atoms with Gasteiger partial charge in [-0.2, -0.15) is 5.10 Å². The van der Waals surface area contributed by atoms with Crippen molar-refractivity contribution in [3.8, 4) is 22.6 Å². The first-order valence-corrected chi connectivity index (χ1v) is 13.1. The first kappa shape index (κ1) is 24.8. The number of nitrogens with one attached hydrogen (secondary N) is 1. The molecule has 196 valence electrons. The largest absolute Gasteiger partial charge is 0.760 e. The van der Waals surface area contributed by atoms with E-state index in [1.54, 1.807) is 16.9 Å². The SMILES string of the molecule is CC(c1cc2ccccn2c1-c1ccccn1)n1nc(-c2cc(F)cc(CNS(=O)[O-])c2)c2c(N)ncnc21. The third-order valence-corrected chi connectivity index (χ3v) is 6.96. The van der Waals surface area contributed by atoms with E-state index < -0.39 is 17.1 Å². The predicted octanol–water partition coefficient (Wildman–Crippen LogP) is 4.02. The Kier molecular flexibility index (Phi) is 6.35. The zero-order chi connectivity index (χ0) is 27.1. The average Bonchev–Trinajstić information content (AvgIpc) is 3.52. The molecule has 10 nitrogen and oxygen atoms in total. The van der Waals surface area contributed by atoms with Crippen LogP contribution in [0, 0.1) is 5.82 Å². The Hall–Kier alpha value is -4.52. The maximum absolute atomic E-state index is 14.6. The summed E-state index contributed by atoms with van der Waals surface area (Å²) in [5, 5.41) is 5.35. The smallest absolute Gasteiger partial charge is 0.164 e. The summed E-state index contributed by atoms with van der Waals surface area (Å²) in [5.74, 6) is -0.340. The molecule has 0 aliphatic heterocycles. The fourth-order valence-electron chi connectivity index (χ4n) is 4.87. The van der Waals surface area contributed by atoms with Gasteiger partial charge in [-0.3, -0.25) is 9.19 Å². The van der Waals surface area contributed by atoms with Gasteiger partial charge in [0.15, 0.2) is 5.65 Å². The first-order chi connectivity index (χ1) is 18.9. The number of hydrogen-bond donors (Lipinski definition) is 2. The van der Waals surface area contributed by atoms with E-state index in [9.17, 15) is 13.2 Å². The number of aromatic nitrogens is 6. The summed E-state index contributed by atoms with van der Waals surface area (Å²) in [6.07, 6.45) is 5.10. The fraction of sp³-hybridized carbons (Fsp3) is 0.111. The Labute approximate surface area is 224 Å². The van der Waals surface area contributed by atoms with Gasteiger partial charge in [-0.1, -0.05) is 12.1 Å². The minimum absolute atomic E-state index is 0.0767. The molecule has 0 radical (unpaired) electrons. The lowest BCUT2D eigenvalue weighted by Gasteiger charge is -2.15. The minimum Gasteiger partial charge on any atom is -0.760 e. The molecule has 39 heavy (non-hydrogen) atoms. The van der Waals surface area contributed by atoms with Crippen LogP contribution in [0.2, 0.25) is 0 Å². The molecule has 2 atom stereocenters. The van der Waals surface area contributed by atoms with Crippen molar-refractivity contribution in [2.45, 2.75) is 19.5 Å². The molecule has 0 amide bonds. The molecule has 0 spiro atoms. The van der Waals surface area contributed by atoms with E-state index in [1.165, 1.54) is 18.5 Å². The van der Waals surface area contributed by atoms with E-state index in [0.29, 0.717) is 27.9 Å². The summed E-state index contributed by atoms with van der Waals surface area (Å²) in [4.78, 5) is 13.2. The van der Waals surface area contributed by atoms with Gasteiger partial charge in [0.1, 0.15) is 23.7 Å². The lowest BCUT2D eigenvalue weighted by molar-refractivity contribution is 0.522. The number of rotatable bonds is 7. The van der Waals surface area contributed by atoms with Crippen LogP contribution in [-0.4, -0.2) is 37.9 Å². The molecule has 0 aliphatic rings. The highest BCUT2D eigenvalue weighted by Crippen LogP contribution is 2.37. The highest BCUT2D eigenvalue weighted by molar-refractivity contribution is 7.77. The predicted molar refractivity (Wildman–Crippen MR) is 145 cm³/mol. The molecule has 0 fully saturated rings. The van der Waals surface area contributed by atoms with E-state index in [1.807, 2.05) is 49.5 Å². The molecule has 2 unspecified atom stereocenters. The summed E-state index contributed by atoms with van der Waals surface area (Å²) in [6.45, 7) is 1.92. The highest BCUT2D eigenvalue weighted by Gasteiger charge is 2.25. The zero-order valence-electron chi connectivity index (χ0n) is 20.7. The number of benzene rings is 1. The van der Waals surface area contributed by atoms with Gasteiger partial charge < -0.3 is 14.7 Å². The maximum atomic E-state index is 14.6. The summed E-state index contributed by atoms with van der Waals surface area (Å²) >= 11 is -2.49. The Bertz CT molecular complexity index is 1850. The van der Waals surface area contributed by atoms with Gasteiger partial charge in [-0.05, 0) is 61.0 Å². The Morgan fingerprint density at radius 3 is 2.74 bits per heavy atom. The number of fused-ring (bicyclic) bond motifs is 2. The highest BCUT2D eigenvalue weighted by atomic mass is 32.2. The number of pyridine rings is 2. The molecular formula is C27H22FN8O2S-. The summed E-state index contributed by atoms with van der Waals surface area (Å²) in [6, 6.07) is 17.7. The van der Waals surface area contributed by atoms with Crippen molar-refractivity contribution in [1.82, 2.24) is 33.9 Å². The topological polar surface area (TPSA) is 139 Å². The molecule has 5 aromatic heterocycles. The van der Waals surface area contributed by atoms with Crippen LogP contribution >= 0.6 is 0 Å². The molecule has 6 rings (SSSR count). The molecule has 3 N–H and O–H groups in total. The van der Waals surface area contributed by atoms with Gasteiger partial charge >= 0.3 is 0 Å². The quantitative estimate of drug-likeness (QED) is 0.291. The minimum atomic E-state index is -2.49. The van der Waals surface area contributed by atoms with Crippen molar-refractivity contribution in [1.29, 1.82) is 0 Å². The second-order valence-electron chi connectivity index (χ2n) is 8.99. The first-order valence-electron chi connectivity index (χ1n) is 12.0. The normalized spacial score (nSPS) is 13.2. The van der Waals surface area contributed by atoms with E-state index in [4.69, 9.17) is 10.8 Å². The van der Waals surface area contributed by atoms with Gasteiger partial charge in [0.05, 0.1) is 22.8 Å². The lowest BCUT2D eigenvalue weighted by atomic mass is 10.1. The van der Waals surface area contributed by atoms with Gasteiger partial charge in [-0.25, -0.2) is 23.8 Å². The van der Waals surface area contributed by atoms with Crippen molar-refractivity contribution < 1.29 is 13.2 Å². The molecule has 0 aliphatic carbocycles. The number of nitrogen functional groups attached to an aromatic ring is 1. The standard InChI is InChI=1S/C27H23FN8O2S/c1-16(21-13-20-6-3-5-9-35(20)25(21)22-7-2-4-8-30-22)36-27-23(26(29)31-15-32-27)24(34-36)18-10-17(11-19(28)12-18)14-33-39(37)38/h2-13,15-16,33H,14H2,1H3,(H,37,38)(H2,29,31,32)/p-1. The number of anilines is 1. The van der Waals surface area contributed by atoms with Crippen LogP contribution < -0.4 is 10.5 Å². The third kappa shape index (κ3) is 4.54. The molecule has 0 saturated heterocycles. The molecule has 1 aromatic carbocycles. The van der Waals surface area contributed by atoms with Crippen LogP contribution in [0.1, 0.15) is 24.1 Å². The van der Waals surface area contributed by atoms with Gasteiger partial charge in [-0.15, -0.1) is 0 Å². The maximum Gasteiger partial charge on any atom is 0.164 e. The Balaban J connectivity index is 1.54. The molecule has 5 heterocycles. The van der Waals surface area contributed by atoms with Crippen LogP contribution in [0.5, 0.6) is 0 Å². The van der Waals surface area contributed by atoms with Crippen molar-refractivity contribution in [3.63, 3.8) is 0 Å². The Morgan fingerprint density at radius 1 is 1.10 bits per heavy atom. The fourth-order valence-corrected chi connectivity index (χ4v) is 5.15. The molecule has 0 bridgehead atoms. The van der Waals surface area contributed by atoms with E-state index in [0.717, 1.165) is 22.5 Å². The van der Waals surface area contributed by atoms with Crippen LogP contribution in [0.3, 0.4) is 0 Å². The summed E-state index contributed by atoms with van der Waals surface area (Å²) in [5.41, 5.74) is 11.7. The second kappa shape index (κ2) is 9.98. The second-order valence-corrected chi connectivity index (χ2v) is 9.75. The lowest BCUT2D eigenvalue weighted by Crippen LogP contribution is -2.15. The van der Waals surface area contributed by atoms with Gasteiger partial charge in [0, 0.05) is 46.8 Å². The van der Waals surface area contributed by atoms with Crippen LogP contribution in [0.25, 0.3) is 39.2 Å². The van der Waals surface area contributed by atoms with Crippen LogP contribution in [0.15, 0.2) is 79.4 Å². The van der Waals surface area contributed by atoms with E-state index in [2.05, 4.69) is 30.1 Å². The number of hydrogen-bond acceptors (Lipinski definition) is 7. The zero-order valence-corrected chi connectivity index (χ0v) is 21.5. The van der Waals surface area contributed by atoms with Crippen LogP contribution in [0.4, 0.5) is 10.2 Å². The Morgan fingerprint density at radius 2 is 1.95 bits per heavy atom. The van der Waals surface area contributed by atoms with Crippen molar-refractivity contribution >= 4 is 33.6 Å². The van der Waals surface area contributed by atoms with Crippen molar-refractivity contribution in [3.05, 3.63) is 96.3 Å². The summed E-state index contributed by atoms with van der Waals surface area (Å²) < 4.78 is 42.7. The molecule has 0 saturated carbocycles. The van der Waals surface area contributed by atoms with Gasteiger partial charge in [0.2, 0.25) is 0 Å². The number of halogens is 1. The third-order valence-electron chi connectivity index (χ3n) is 6.58. The molecular weight excluding hydrogens is 519 g/mol. The molecule has 12 heteroatoms. The van der Waals surface area contributed by atoms with Gasteiger partial charge in [0.25, 0.3) is 0 Å². The van der Waals surface area contributed by atoms with E-state index >= 15 is 0 Å². The van der Waals surface area contributed by atoms with Crippen molar-refractivity contribution in [2.75, 3.05) is 5.73 Å². The monoisotopic (exact) mass is 541 g/mol. The average molecular weight is 542 g/mol. The number of nitrogens with zero attached hydrogens (tertiary/aromatic N) is 6. The van der Waals surface area contributed by atoms with Crippen molar-refractivity contribution in [2.24, 2.45) is 0 Å². The van der Waals surface area contributed by atoms with E-state index in [-0.39, 0.29) is 18.4 Å². The number of nitrogens with two attached hydrogens (primary N) is 1. The molecule has 6 aromatic rings. The summed E-state index contributed by atoms with van der Waals surface area (Å²) in [7, 11) is 0.